The zero-order valence-corrected chi connectivity index (χ0v) is 79.4. The molecule has 0 aliphatic carbocycles. The first-order valence-corrected chi connectivity index (χ1v) is 48.4. The lowest BCUT2D eigenvalue weighted by Gasteiger charge is -2.34. The van der Waals surface area contributed by atoms with Crippen molar-refractivity contribution in [1.82, 2.24) is 98.5 Å². The number of nitrogens with zero attached hydrogens (tertiary/aromatic N) is 6. The van der Waals surface area contributed by atoms with Gasteiger partial charge in [0.2, 0.25) is 88.6 Å². The largest absolute Gasteiger partial charge is 0.370 e. The minimum Gasteiger partial charge on any atom is -0.370 e. The number of hydrogen-bond acceptors (Lipinski definition) is 21. The molecule has 0 bridgehead atoms. The van der Waals surface area contributed by atoms with Gasteiger partial charge < -0.3 is 139 Å². The van der Waals surface area contributed by atoms with Crippen LogP contribution < -0.4 is 109 Å². The lowest BCUT2D eigenvalue weighted by Crippen LogP contribution is -2.61. The van der Waals surface area contributed by atoms with Crippen molar-refractivity contribution in [2.75, 3.05) is 72.0 Å². The van der Waals surface area contributed by atoms with Gasteiger partial charge in [-0.25, -0.2) is 0 Å². The van der Waals surface area contributed by atoms with E-state index in [2.05, 4.69) is 69.1 Å². The van der Waals surface area contributed by atoms with Crippen molar-refractivity contribution >= 4 is 118 Å². The molecule has 32 N–H and O–H groups in total. The highest BCUT2D eigenvalue weighted by atomic mass is 16.2. The van der Waals surface area contributed by atoms with Gasteiger partial charge in [0.1, 0.15) is 84.6 Å². The summed E-state index contributed by atoms with van der Waals surface area (Å²) in [7, 11) is 0. The molecule has 6 fully saturated rings. The van der Waals surface area contributed by atoms with Crippen molar-refractivity contribution in [2.45, 2.75) is 271 Å². The molecule has 0 saturated carbocycles. The molecular formula is C93H143N31O15. The monoisotopic (exact) mass is 1930 g/mol. The smallest absolute Gasteiger partial charge is 0.246 e. The number of nitrogens with two attached hydrogens (primary N) is 7. The predicted molar refractivity (Wildman–Crippen MR) is 517 cm³/mol. The Morgan fingerprint density at radius 2 is 0.576 bits per heavy atom. The Morgan fingerprint density at radius 3 is 0.892 bits per heavy atom. The van der Waals surface area contributed by atoms with E-state index in [1.165, 1.54) is 29.4 Å². The summed E-state index contributed by atoms with van der Waals surface area (Å²) in [6.07, 6.45) is 4.51. The molecule has 6 aliphatic heterocycles. The SMILES string of the molecule is CC[C@H](C)[C@H](NC(=O)[C@@H]1CCCN1C(=O)[C@@H]1CCCN1C(=O)[C@H](CCCNC(=N)N)NC(=O)[C@H](Cc1ccccc1)NC(=O)[C@@H](N)CCCNC(=N)N)C(=O)N[C@@H](CCCNC(=N)N)C(=O)N[C@@H](CCCNC(=N)N)C(=O)N1CCC[C@H]1C(=O)N1CCC[C@H]1C(=O)N[C@@H](Cc1ccccc1)C(=O)N[C@@H](CCCNC(=N)N)C(=O)N1CCC[C@H]1C(=O)N1CCC[C@H]1C(=O)N[C@@H](Cc1ccccc1)C(N)=O. The van der Waals surface area contributed by atoms with Crippen LogP contribution in [-0.2, 0) is 91.2 Å². The Morgan fingerprint density at radius 1 is 0.317 bits per heavy atom. The molecule has 46 heteroatoms. The molecule has 9 rings (SSSR count). The fraction of sp³-hybridized carbons (Fsp3) is 0.591. The molecule has 6 heterocycles. The van der Waals surface area contributed by atoms with Gasteiger partial charge in [-0.1, -0.05) is 111 Å². The van der Waals surface area contributed by atoms with Crippen LogP contribution in [0.15, 0.2) is 91.0 Å². The van der Waals surface area contributed by atoms with Gasteiger partial charge in [0.15, 0.2) is 29.8 Å². The van der Waals surface area contributed by atoms with Crippen molar-refractivity contribution in [3.63, 3.8) is 0 Å². The molecule has 0 aromatic heterocycles. The number of likely N-dealkylation sites (tertiary alicyclic amines) is 6. The summed E-state index contributed by atoms with van der Waals surface area (Å²) in [5, 5.41) is 74.9. The number of benzene rings is 3. The second-order valence-corrected chi connectivity index (χ2v) is 36.4. The van der Waals surface area contributed by atoms with E-state index < -0.39 is 185 Å². The third-order valence-corrected chi connectivity index (χ3v) is 26.3. The third kappa shape index (κ3) is 32.3. The number of rotatable bonds is 51. The molecule has 0 unspecified atom stereocenters. The highest BCUT2D eigenvalue weighted by Crippen LogP contribution is 2.32. The van der Waals surface area contributed by atoms with Gasteiger partial charge in [-0.2, -0.15) is 0 Å². The number of nitrogens with one attached hydrogen (secondary N) is 18. The van der Waals surface area contributed by atoms with Crippen LogP contribution in [-0.4, -0.2) is 310 Å². The second kappa shape index (κ2) is 54.2. The maximum absolute atomic E-state index is 15.5. The Balaban J connectivity index is 0.884. The lowest BCUT2D eigenvalue weighted by molar-refractivity contribution is -0.148. The van der Waals surface area contributed by atoms with Gasteiger partial charge in [0.05, 0.1) is 6.04 Å². The topological polar surface area (TPSA) is 733 Å². The Labute approximate surface area is 809 Å². The highest BCUT2D eigenvalue weighted by Gasteiger charge is 2.50. The van der Waals surface area contributed by atoms with Crippen LogP contribution in [0, 0.1) is 33.0 Å². The predicted octanol–water partition coefficient (Wildman–Crippen LogP) is -4.29. The summed E-state index contributed by atoms with van der Waals surface area (Å²) in [6.45, 7) is 4.66. The van der Waals surface area contributed by atoms with E-state index in [-0.39, 0.29) is 217 Å². The molecule has 6 saturated heterocycles. The number of carbonyl (C=O) groups excluding carboxylic acids is 15. The zero-order valence-electron chi connectivity index (χ0n) is 79.4. The molecule has 139 heavy (non-hydrogen) atoms. The first kappa shape index (κ1) is 109. The van der Waals surface area contributed by atoms with Gasteiger partial charge in [-0.15, -0.1) is 0 Å². The van der Waals surface area contributed by atoms with E-state index >= 15 is 43.2 Å². The quantitative estimate of drug-likeness (QED) is 0.0144. The zero-order chi connectivity index (χ0) is 101. The Bertz CT molecular complexity index is 4790. The standard InChI is InChI=1S/C93H143N31O15/c1-3-55(2)73(118-81(132)69-37-20-48-121(69)88(139)72-40-23-51-124(72)84(135)62(33-16-44-109-92(102)103)113-77(128)65(53-57-26-9-5-10-27-57)116-75(126)59(94)30-13-41-106-89(96)97)82(133)111-60(31-14-42-107-90(98)99)76(127)112-61(32-15-43-108-91(100)101)83(134)122-49-21-39-71(122)87(138)120-47-19-36-68(120)80(131)117-66(54-58-28-11-6-12-29-58)78(129)114-63(34-17-45-110-93(104)105)85(136)123-50-22-38-70(123)86(137)119-46-18-35-67(119)79(130)115-64(74(95)125)52-56-24-7-4-8-25-56/h4-12,24-29,55,59-73H,3,13-23,30-54,94H2,1-2H3,(H2,95,125)(H,111,133)(H,112,127)(H,113,128)(H,114,129)(H,115,130)(H,116,126)(H,117,131)(H,118,132)(H4,96,97,106)(H4,98,99,107)(H4,100,101,108)(H4,102,103,109)(H4,104,105,110)/t55-,59-,60-,61-,62-,63-,64-,65-,66-,67-,68-,69-,70-,71-,72-,73-/m0/s1. The average Bonchev–Trinajstić information content (AvgIpc) is 1.67. The van der Waals surface area contributed by atoms with Gasteiger partial charge in [-0.05, 0) is 164 Å². The van der Waals surface area contributed by atoms with Crippen LogP contribution in [0.2, 0.25) is 0 Å². The van der Waals surface area contributed by atoms with Crippen molar-refractivity contribution in [3.8, 4) is 0 Å². The lowest BCUT2D eigenvalue weighted by atomic mass is 9.96. The summed E-state index contributed by atoms with van der Waals surface area (Å²) in [5.41, 5.74) is 42.1. The minimum atomic E-state index is -1.45. The van der Waals surface area contributed by atoms with Crippen LogP contribution >= 0.6 is 0 Å². The Kier molecular flexibility index (Phi) is 42.4. The summed E-state index contributed by atoms with van der Waals surface area (Å²) >= 11 is 0. The molecule has 760 valence electrons. The minimum absolute atomic E-state index is 0.00277. The van der Waals surface area contributed by atoms with Crippen molar-refractivity contribution in [1.29, 1.82) is 27.0 Å². The fourth-order valence-electron chi connectivity index (χ4n) is 18.8. The van der Waals surface area contributed by atoms with Gasteiger partial charge in [0, 0.05) is 91.3 Å². The van der Waals surface area contributed by atoms with Crippen LogP contribution in [0.1, 0.15) is 178 Å². The van der Waals surface area contributed by atoms with Crippen LogP contribution in [0.4, 0.5) is 0 Å². The van der Waals surface area contributed by atoms with Gasteiger partial charge in [-0.3, -0.25) is 99.0 Å². The van der Waals surface area contributed by atoms with E-state index in [9.17, 15) is 28.8 Å². The molecule has 0 radical (unpaired) electrons. The molecular weight excluding hydrogens is 1790 g/mol. The normalized spacial score (nSPS) is 19.9. The van der Waals surface area contributed by atoms with E-state index in [0.717, 1.165) is 5.56 Å². The van der Waals surface area contributed by atoms with E-state index in [1.807, 2.05) is 6.07 Å². The number of amides is 15. The van der Waals surface area contributed by atoms with E-state index in [1.54, 1.807) is 98.8 Å². The number of primary amides is 1. The van der Waals surface area contributed by atoms with E-state index in [4.69, 9.17) is 67.2 Å². The Hall–Kier alpha value is -14.0. The maximum Gasteiger partial charge on any atom is 0.246 e. The summed E-state index contributed by atoms with van der Waals surface area (Å²) in [5.74, 6) is -12.5. The molecule has 0 spiro atoms. The fourth-order valence-corrected chi connectivity index (χ4v) is 18.8. The van der Waals surface area contributed by atoms with Crippen LogP contribution in [0.25, 0.3) is 0 Å². The molecule has 16 atom stereocenters. The third-order valence-electron chi connectivity index (χ3n) is 26.3. The number of hydrogen-bond donors (Lipinski definition) is 25. The second-order valence-electron chi connectivity index (χ2n) is 36.4. The maximum atomic E-state index is 15.5. The molecule has 6 aliphatic rings. The number of carbonyl (C=O) groups is 15. The molecule has 3 aromatic rings. The molecule has 15 amide bonds. The van der Waals surface area contributed by atoms with Crippen LogP contribution in [0.3, 0.4) is 0 Å². The first-order chi connectivity index (χ1) is 66.5. The first-order valence-electron chi connectivity index (χ1n) is 48.4. The summed E-state index contributed by atoms with van der Waals surface area (Å²) < 4.78 is 0. The van der Waals surface area contributed by atoms with Gasteiger partial charge >= 0.3 is 0 Å². The van der Waals surface area contributed by atoms with Crippen molar-refractivity contribution in [3.05, 3.63) is 108 Å². The van der Waals surface area contributed by atoms with E-state index in [0.29, 0.717) is 62.5 Å². The van der Waals surface area contributed by atoms with Crippen LogP contribution in [0.5, 0.6) is 0 Å². The van der Waals surface area contributed by atoms with Crippen molar-refractivity contribution in [2.24, 2.45) is 46.1 Å². The highest BCUT2D eigenvalue weighted by molar-refractivity contribution is 6.02. The molecule has 46 nitrogen and oxygen atoms in total. The summed E-state index contributed by atoms with van der Waals surface area (Å²) in [4.78, 5) is 230. The average molecular weight is 1940 g/mol. The van der Waals surface area contributed by atoms with Crippen molar-refractivity contribution < 1.29 is 71.9 Å². The number of guanidine groups is 5. The van der Waals surface area contributed by atoms with Gasteiger partial charge in [0.25, 0.3) is 0 Å². The molecule has 3 aromatic carbocycles. The summed E-state index contributed by atoms with van der Waals surface area (Å²) in [6, 6.07) is 8.31.